The fourth-order valence-electron chi connectivity index (χ4n) is 4.36. The molecule has 2 aliphatic rings. The molecule has 2 saturated heterocycles. The molecule has 7 heteroatoms. The summed E-state index contributed by atoms with van der Waals surface area (Å²) in [5.74, 6) is 0.403. The van der Waals surface area contributed by atoms with Crippen molar-refractivity contribution in [2.24, 2.45) is 11.8 Å². The van der Waals surface area contributed by atoms with Crippen LogP contribution >= 0.6 is 0 Å². The van der Waals surface area contributed by atoms with E-state index in [-0.39, 0.29) is 17.9 Å². The Balaban J connectivity index is 1.41. The van der Waals surface area contributed by atoms with E-state index in [1.807, 2.05) is 35.2 Å². The second-order valence-electron chi connectivity index (χ2n) is 8.62. The van der Waals surface area contributed by atoms with E-state index in [9.17, 15) is 13.2 Å². The van der Waals surface area contributed by atoms with Gasteiger partial charge in [-0.25, -0.2) is 8.42 Å². The maximum absolute atomic E-state index is 13.1. The van der Waals surface area contributed by atoms with Gasteiger partial charge in [0.25, 0.3) is 0 Å². The first-order valence-electron chi connectivity index (χ1n) is 10.8. The van der Waals surface area contributed by atoms with Crippen LogP contribution in [0.25, 0.3) is 10.8 Å². The summed E-state index contributed by atoms with van der Waals surface area (Å²) in [6.07, 6.45) is 1.21. The number of benzene rings is 2. The molecular weight excluding hydrogens is 400 g/mol. The number of hydrogen-bond donors (Lipinski definition) is 0. The molecule has 0 unspecified atom stereocenters. The van der Waals surface area contributed by atoms with Crippen LogP contribution in [0.2, 0.25) is 0 Å². The van der Waals surface area contributed by atoms with Crippen molar-refractivity contribution in [2.45, 2.75) is 37.7 Å². The summed E-state index contributed by atoms with van der Waals surface area (Å²) >= 11 is 0. The summed E-state index contributed by atoms with van der Waals surface area (Å²) in [6.45, 7) is 6.80. The largest absolute Gasteiger partial charge is 0.374 e. The number of amides is 1. The third-order valence-corrected chi connectivity index (χ3v) is 8.21. The number of hydrogen-bond acceptors (Lipinski definition) is 4. The van der Waals surface area contributed by atoms with Crippen molar-refractivity contribution in [3.8, 4) is 0 Å². The third-order valence-electron chi connectivity index (χ3n) is 6.31. The summed E-state index contributed by atoms with van der Waals surface area (Å²) in [4.78, 5) is 15.2. The van der Waals surface area contributed by atoms with Crippen LogP contribution < -0.4 is 0 Å². The normalized spacial score (nSPS) is 22.0. The highest BCUT2D eigenvalue weighted by Gasteiger charge is 2.35. The molecule has 0 aliphatic carbocycles. The van der Waals surface area contributed by atoms with Crippen molar-refractivity contribution in [3.63, 3.8) is 0 Å². The minimum Gasteiger partial charge on any atom is -0.374 e. The van der Waals surface area contributed by atoms with Crippen LogP contribution in [0.1, 0.15) is 26.7 Å². The lowest BCUT2D eigenvalue weighted by Crippen LogP contribution is -2.51. The first-order chi connectivity index (χ1) is 14.4. The van der Waals surface area contributed by atoms with Gasteiger partial charge in [-0.05, 0) is 41.7 Å². The number of nitrogens with zero attached hydrogens (tertiary/aromatic N) is 2. The van der Waals surface area contributed by atoms with Gasteiger partial charge < -0.3 is 9.64 Å². The molecule has 0 spiro atoms. The van der Waals surface area contributed by atoms with Crippen LogP contribution in [-0.4, -0.2) is 62.4 Å². The van der Waals surface area contributed by atoms with E-state index in [1.165, 1.54) is 4.31 Å². The standard InChI is InChI=1S/C23H30N2O4S/c1-17(2)22-16-24(13-14-29-22)23(26)19-9-11-25(12-10-19)30(27,28)21-8-7-18-5-3-4-6-20(18)15-21/h3-8,15,17,19,22H,9-14,16H2,1-2H3/t22-/m0/s1. The van der Waals surface area contributed by atoms with E-state index >= 15 is 0 Å². The Hall–Kier alpha value is -1.96. The van der Waals surface area contributed by atoms with Crippen molar-refractivity contribution in [1.29, 1.82) is 0 Å². The highest BCUT2D eigenvalue weighted by atomic mass is 32.2. The lowest BCUT2D eigenvalue weighted by Gasteiger charge is -2.38. The molecule has 2 aromatic carbocycles. The number of ether oxygens (including phenoxy) is 1. The van der Waals surface area contributed by atoms with E-state index < -0.39 is 10.0 Å². The second-order valence-corrected chi connectivity index (χ2v) is 10.6. The van der Waals surface area contributed by atoms with Gasteiger partial charge in [0, 0.05) is 32.1 Å². The molecule has 6 nitrogen and oxygen atoms in total. The SMILES string of the molecule is CC(C)[C@@H]1CN(C(=O)C2CCN(S(=O)(=O)c3ccc4ccccc4c3)CC2)CCO1. The Morgan fingerprint density at radius 2 is 1.73 bits per heavy atom. The topological polar surface area (TPSA) is 66.9 Å². The minimum absolute atomic E-state index is 0.0797. The summed E-state index contributed by atoms with van der Waals surface area (Å²) in [7, 11) is -3.56. The van der Waals surface area contributed by atoms with Crippen LogP contribution in [0, 0.1) is 11.8 Å². The molecule has 0 saturated carbocycles. The fourth-order valence-corrected chi connectivity index (χ4v) is 5.86. The molecule has 0 aromatic heterocycles. The predicted octanol–water partition coefficient (Wildman–Crippen LogP) is 3.12. The molecule has 2 aliphatic heterocycles. The number of fused-ring (bicyclic) bond motifs is 1. The molecule has 1 atom stereocenters. The molecule has 2 heterocycles. The predicted molar refractivity (Wildman–Crippen MR) is 117 cm³/mol. The number of carbonyl (C=O) groups is 1. The van der Waals surface area contributed by atoms with E-state index in [0.717, 1.165) is 10.8 Å². The van der Waals surface area contributed by atoms with Gasteiger partial charge in [0.15, 0.2) is 0 Å². The number of sulfonamides is 1. The monoisotopic (exact) mass is 430 g/mol. The second kappa shape index (κ2) is 8.65. The lowest BCUT2D eigenvalue weighted by molar-refractivity contribution is -0.145. The molecule has 30 heavy (non-hydrogen) atoms. The highest BCUT2D eigenvalue weighted by Crippen LogP contribution is 2.28. The Bertz CT molecular complexity index is 1010. The molecule has 2 aromatic rings. The maximum Gasteiger partial charge on any atom is 0.243 e. The van der Waals surface area contributed by atoms with Gasteiger partial charge in [0.05, 0.1) is 17.6 Å². The van der Waals surface area contributed by atoms with Crippen molar-refractivity contribution in [3.05, 3.63) is 42.5 Å². The summed E-state index contributed by atoms with van der Waals surface area (Å²) in [5, 5.41) is 1.93. The smallest absolute Gasteiger partial charge is 0.243 e. The summed E-state index contributed by atoms with van der Waals surface area (Å²) in [5.41, 5.74) is 0. The zero-order valence-corrected chi connectivity index (χ0v) is 18.5. The highest BCUT2D eigenvalue weighted by molar-refractivity contribution is 7.89. The van der Waals surface area contributed by atoms with E-state index in [1.54, 1.807) is 12.1 Å². The van der Waals surface area contributed by atoms with Gasteiger partial charge in [-0.1, -0.05) is 44.2 Å². The van der Waals surface area contributed by atoms with Gasteiger partial charge in [-0.15, -0.1) is 0 Å². The minimum atomic E-state index is -3.56. The molecule has 2 fully saturated rings. The molecule has 4 rings (SSSR count). The van der Waals surface area contributed by atoms with Crippen LogP contribution in [0.3, 0.4) is 0 Å². The Morgan fingerprint density at radius 1 is 1.03 bits per heavy atom. The average molecular weight is 431 g/mol. The maximum atomic E-state index is 13.1. The first kappa shape index (κ1) is 21.3. The van der Waals surface area contributed by atoms with Crippen molar-refractivity contribution in [2.75, 3.05) is 32.8 Å². The number of piperidine rings is 1. The lowest BCUT2D eigenvalue weighted by atomic mass is 9.95. The summed E-state index contributed by atoms with van der Waals surface area (Å²) < 4.78 is 33.6. The van der Waals surface area contributed by atoms with Crippen molar-refractivity contribution >= 4 is 26.7 Å². The Morgan fingerprint density at radius 3 is 2.43 bits per heavy atom. The fraction of sp³-hybridized carbons (Fsp3) is 0.522. The molecule has 1 amide bonds. The van der Waals surface area contributed by atoms with Crippen LogP contribution in [0.15, 0.2) is 47.4 Å². The quantitative estimate of drug-likeness (QED) is 0.748. The zero-order valence-electron chi connectivity index (χ0n) is 17.7. The number of morpholine rings is 1. The Kier molecular flexibility index (Phi) is 6.14. The van der Waals surface area contributed by atoms with E-state index in [4.69, 9.17) is 4.74 Å². The molecule has 0 N–H and O–H groups in total. The van der Waals surface area contributed by atoms with Gasteiger partial charge in [0.2, 0.25) is 15.9 Å². The molecule has 162 valence electrons. The van der Waals surface area contributed by atoms with Crippen molar-refractivity contribution < 1.29 is 17.9 Å². The van der Waals surface area contributed by atoms with Crippen molar-refractivity contribution in [1.82, 2.24) is 9.21 Å². The molecular formula is C23H30N2O4S. The van der Waals surface area contributed by atoms with Gasteiger partial charge in [-0.2, -0.15) is 4.31 Å². The van der Waals surface area contributed by atoms with Gasteiger partial charge >= 0.3 is 0 Å². The van der Waals surface area contributed by atoms with Gasteiger partial charge in [-0.3, -0.25) is 4.79 Å². The molecule has 0 radical (unpaired) electrons. The Labute approximate surface area is 178 Å². The molecule has 0 bridgehead atoms. The van der Waals surface area contributed by atoms with Gasteiger partial charge in [0.1, 0.15) is 0 Å². The zero-order chi connectivity index (χ0) is 21.3. The first-order valence-corrected chi connectivity index (χ1v) is 12.2. The number of carbonyl (C=O) groups excluding carboxylic acids is 1. The average Bonchev–Trinajstić information content (AvgIpc) is 2.78. The van der Waals surface area contributed by atoms with Crippen LogP contribution in [0.4, 0.5) is 0 Å². The van der Waals surface area contributed by atoms with Crippen LogP contribution in [-0.2, 0) is 19.6 Å². The van der Waals surface area contributed by atoms with Crippen LogP contribution in [0.5, 0.6) is 0 Å². The number of rotatable bonds is 4. The third kappa shape index (κ3) is 4.24. The van der Waals surface area contributed by atoms with E-state index in [2.05, 4.69) is 13.8 Å². The summed E-state index contributed by atoms with van der Waals surface area (Å²) in [6, 6.07) is 13.0. The van der Waals surface area contributed by atoms with E-state index in [0.29, 0.717) is 56.4 Å².